The number of amides is 1. The third-order valence-electron chi connectivity index (χ3n) is 5.19. The number of fused-ring (bicyclic) bond motifs is 1. The molecule has 0 bridgehead atoms. The zero-order valence-electron chi connectivity index (χ0n) is 16.3. The summed E-state index contributed by atoms with van der Waals surface area (Å²) in [5, 5.41) is 14.5. The molecule has 1 aromatic heterocycles. The summed E-state index contributed by atoms with van der Waals surface area (Å²) in [5.74, 6) is -0.0658. The van der Waals surface area contributed by atoms with E-state index in [4.69, 9.17) is 0 Å². The summed E-state index contributed by atoms with van der Waals surface area (Å²) < 4.78 is 0. The molecule has 0 unspecified atom stereocenters. The zero-order valence-corrected chi connectivity index (χ0v) is 16.3. The van der Waals surface area contributed by atoms with E-state index < -0.39 is 0 Å². The van der Waals surface area contributed by atoms with Gasteiger partial charge in [-0.15, -0.1) is 0 Å². The number of aryl methyl sites for hydroxylation is 1. The molecule has 28 heavy (non-hydrogen) atoms. The van der Waals surface area contributed by atoms with Crippen molar-refractivity contribution in [2.75, 3.05) is 0 Å². The van der Waals surface area contributed by atoms with Crippen molar-refractivity contribution in [3.8, 4) is 6.07 Å². The van der Waals surface area contributed by atoms with Crippen molar-refractivity contribution in [2.45, 2.75) is 39.7 Å². The molecule has 5 nitrogen and oxygen atoms in total. The van der Waals surface area contributed by atoms with Gasteiger partial charge >= 0.3 is 0 Å². The summed E-state index contributed by atoms with van der Waals surface area (Å²) in [6.07, 6.45) is 0.755. The fourth-order valence-corrected chi connectivity index (χ4v) is 3.68. The number of benzene rings is 2. The van der Waals surface area contributed by atoms with Crippen LogP contribution in [0.15, 0.2) is 47.3 Å². The lowest BCUT2D eigenvalue weighted by Gasteiger charge is -2.17. The summed E-state index contributed by atoms with van der Waals surface area (Å²) in [4.78, 5) is 27.1. The first kappa shape index (κ1) is 19.4. The van der Waals surface area contributed by atoms with E-state index >= 15 is 0 Å². The van der Waals surface area contributed by atoms with Crippen molar-refractivity contribution in [3.63, 3.8) is 0 Å². The molecule has 1 amide bonds. The minimum Gasteiger partial charge on any atom is -0.350 e. The van der Waals surface area contributed by atoms with Crippen molar-refractivity contribution >= 4 is 16.7 Å². The van der Waals surface area contributed by atoms with E-state index in [0.717, 1.165) is 21.9 Å². The fourth-order valence-electron chi connectivity index (χ4n) is 3.68. The van der Waals surface area contributed by atoms with Gasteiger partial charge in [0.25, 0.3) is 5.56 Å². The third kappa shape index (κ3) is 3.81. The SMILES string of the molecule is Cc1[nH]c(=O)c(C#N)c(C)c1CCC(=O)N[C@@H](C)c1cccc2ccccc12. The van der Waals surface area contributed by atoms with Gasteiger partial charge in [-0.3, -0.25) is 9.59 Å². The molecule has 1 heterocycles. The van der Waals surface area contributed by atoms with Crippen LogP contribution >= 0.6 is 0 Å². The Hall–Kier alpha value is -3.39. The normalized spacial score (nSPS) is 11.8. The molecule has 0 saturated heterocycles. The average molecular weight is 373 g/mol. The molecule has 0 fully saturated rings. The number of carbonyl (C=O) groups is 1. The highest BCUT2D eigenvalue weighted by molar-refractivity contribution is 5.87. The van der Waals surface area contributed by atoms with Crippen LogP contribution < -0.4 is 10.9 Å². The maximum atomic E-state index is 12.5. The van der Waals surface area contributed by atoms with Gasteiger partial charge in [0, 0.05) is 12.1 Å². The second-order valence-corrected chi connectivity index (χ2v) is 7.03. The Morgan fingerprint density at radius 1 is 1.18 bits per heavy atom. The lowest BCUT2D eigenvalue weighted by atomic mass is 9.98. The topological polar surface area (TPSA) is 85.8 Å². The van der Waals surface area contributed by atoms with Gasteiger partial charge in [0.05, 0.1) is 6.04 Å². The number of hydrogen-bond donors (Lipinski definition) is 2. The molecule has 2 aromatic carbocycles. The van der Waals surface area contributed by atoms with E-state index in [1.807, 2.05) is 37.3 Å². The fraction of sp³-hybridized carbons (Fsp3) is 0.261. The number of nitriles is 1. The Morgan fingerprint density at radius 2 is 1.89 bits per heavy atom. The standard InChI is InChI=1S/C23H23N3O2/c1-14-18(15(2)26-23(28)21(14)13-24)11-12-22(27)25-16(3)19-10-6-8-17-7-4-5-9-20(17)19/h4-10,16H,11-12H2,1-3H3,(H,25,27)(H,26,28)/t16-/m0/s1. The van der Waals surface area contributed by atoms with Crippen LogP contribution in [0.1, 0.15) is 47.3 Å². The smallest absolute Gasteiger partial charge is 0.266 e. The summed E-state index contributed by atoms with van der Waals surface area (Å²) in [5.41, 5.74) is 3.02. The first-order chi connectivity index (χ1) is 13.4. The lowest BCUT2D eigenvalue weighted by Crippen LogP contribution is -2.27. The van der Waals surface area contributed by atoms with Crippen molar-refractivity contribution in [3.05, 3.63) is 80.8 Å². The average Bonchev–Trinajstić information content (AvgIpc) is 2.67. The number of nitrogens with one attached hydrogen (secondary N) is 2. The van der Waals surface area contributed by atoms with E-state index in [0.29, 0.717) is 17.7 Å². The van der Waals surface area contributed by atoms with Gasteiger partial charge in [0.15, 0.2) is 0 Å². The second kappa shape index (κ2) is 8.10. The number of aromatic nitrogens is 1. The Labute approximate surface area is 164 Å². The Morgan fingerprint density at radius 3 is 2.64 bits per heavy atom. The van der Waals surface area contributed by atoms with Gasteiger partial charge in [0.2, 0.25) is 5.91 Å². The van der Waals surface area contributed by atoms with Crippen molar-refractivity contribution in [2.24, 2.45) is 0 Å². The molecule has 1 atom stereocenters. The Bertz CT molecular complexity index is 1130. The molecular weight excluding hydrogens is 350 g/mol. The van der Waals surface area contributed by atoms with Gasteiger partial charge in [0.1, 0.15) is 11.6 Å². The maximum absolute atomic E-state index is 12.5. The van der Waals surface area contributed by atoms with Crippen LogP contribution in [0.3, 0.4) is 0 Å². The molecule has 0 saturated carbocycles. The Kier molecular flexibility index (Phi) is 5.60. The minimum absolute atomic E-state index is 0.0658. The number of aromatic amines is 1. The molecular formula is C23H23N3O2. The molecule has 0 aliphatic rings. The number of hydrogen-bond acceptors (Lipinski definition) is 3. The van der Waals surface area contributed by atoms with Crippen molar-refractivity contribution in [1.82, 2.24) is 10.3 Å². The molecule has 3 rings (SSSR count). The highest BCUT2D eigenvalue weighted by atomic mass is 16.1. The summed E-state index contributed by atoms with van der Waals surface area (Å²) in [6.45, 7) is 5.53. The molecule has 0 aliphatic carbocycles. The summed E-state index contributed by atoms with van der Waals surface area (Å²) in [7, 11) is 0. The molecule has 0 aliphatic heterocycles. The Balaban J connectivity index is 1.73. The van der Waals surface area contributed by atoms with Crippen molar-refractivity contribution < 1.29 is 4.79 Å². The summed E-state index contributed by atoms with van der Waals surface area (Å²) >= 11 is 0. The second-order valence-electron chi connectivity index (χ2n) is 7.03. The van der Waals surface area contributed by atoms with Crippen LogP contribution in [0.2, 0.25) is 0 Å². The maximum Gasteiger partial charge on any atom is 0.266 e. The van der Waals surface area contributed by atoms with Crippen LogP contribution in [0.5, 0.6) is 0 Å². The predicted octanol–water partition coefficient (Wildman–Crippen LogP) is 3.83. The monoisotopic (exact) mass is 373 g/mol. The minimum atomic E-state index is -0.379. The number of carbonyl (C=O) groups excluding carboxylic acids is 1. The number of rotatable bonds is 5. The number of H-pyrrole nitrogens is 1. The van der Waals surface area contributed by atoms with E-state index in [1.54, 1.807) is 13.8 Å². The molecule has 2 N–H and O–H groups in total. The first-order valence-electron chi connectivity index (χ1n) is 9.32. The van der Waals surface area contributed by atoms with Crippen LogP contribution in [0.4, 0.5) is 0 Å². The van der Waals surface area contributed by atoms with Gasteiger partial charge in [-0.2, -0.15) is 5.26 Å². The quantitative estimate of drug-likeness (QED) is 0.713. The van der Waals surface area contributed by atoms with Crippen LogP contribution in [0, 0.1) is 25.2 Å². The van der Waals surface area contributed by atoms with Gasteiger partial charge in [-0.05, 0) is 54.7 Å². The molecule has 142 valence electrons. The molecule has 0 spiro atoms. The first-order valence-corrected chi connectivity index (χ1v) is 9.32. The predicted molar refractivity (Wildman–Crippen MR) is 110 cm³/mol. The van der Waals surface area contributed by atoms with E-state index in [-0.39, 0.29) is 29.5 Å². The zero-order chi connectivity index (χ0) is 20.3. The molecule has 0 radical (unpaired) electrons. The van der Waals surface area contributed by atoms with Crippen LogP contribution in [-0.4, -0.2) is 10.9 Å². The van der Waals surface area contributed by atoms with Gasteiger partial charge in [-0.25, -0.2) is 0 Å². The van der Waals surface area contributed by atoms with Gasteiger partial charge in [-0.1, -0.05) is 42.5 Å². The largest absolute Gasteiger partial charge is 0.350 e. The van der Waals surface area contributed by atoms with Crippen molar-refractivity contribution in [1.29, 1.82) is 5.26 Å². The lowest BCUT2D eigenvalue weighted by molar-refractivity contribution is -0.121. The third-order valence-corrected chi connectivity index (χ3v) is 5.19. The van der Waals surface area contributed by atoms with E-state index in [2.05, 4.69) is 28.5 Å². The van der Waals surface area contributed by atoms with Crippen LogP contribution in [0.25, 0.3) is 10.8 Å². The summed E-state index contributed by atoms with van der Waals surface area (Å²) in [6, 6.07) is 16.0. The highest BCUT2D eigenvalue weighted by Gasteiger charge is 2.15. The van der Waals surface area contributed by atoms with E-state index in [1.165, 1.54) is 0 Å². The molecule has 5 heteroatoms. The van der Waals surface area contributed by atoms with E-state index in [9.17, 15) is 14.9 Å². The highest BCUT2D eigenvalue weighted by Crippen LogP contribution is 2.24. The van der Waals surface area contributed by atoms with Gasteiger partial charge < -0.3 is 10.3 Å². The number of nitrogens with zero attached hydrogens (tertiary/aromatic N) is 1. The number of pyridine rings is 1. The van der Waals surface area contributed by atoms with Crippen LogP contribution in [-0.2, 0) is 11.2 Å². The molecule has 3 aromatic rings.